The molecule has 3 rings (SSSR count). The minimum absolute atomic E-state index is 0.0365. The first-order chi connectivity index (χ1) is 17.4. The van der Waals surface area contributed by atoms with E-state index in [1.807, 2.05) is 38.1 Å². The van der Waals surface area contributed by atoms with Crippen molar-refractivity contribution in [3.8, 4) is 5.75 Å². The van der Waals surface area contributed by atoms with Gasteiger partial charge >= 0.3 is 12.1 Å². The molecule has 2 aromatic rings. The molecule has 1 saturated heterocycles. The molecule has 0 aliphatic carbocycles. The van der Waals surface area contributed by atoms with Crippen LogP contribution in [0.25, 0.3) is 0 Å². The number of aliphatic carboxylic acids is 1. The summed E-state index contributed by atoms with van der Waals surface area (Å²) in [5.74, 6) is -1.56. The highest BCUT2D eigenvalue weighted by atomic mass is 19.1. The van der Waals surface area contributed by atoms with Gasteiger partial charge in [-0.2, -0.15) is 0 Å². The highest BCUT2D eigenvalue weighted by Crippen LogP contribution is 2.25. The molecule has 0 unspecified atom stereocenters. The van der Waals surface area contributed by atoms with Gasteiger partial charge in [0.25, 0.3) is 0 Å². The highest BCUT2D eigenvalue weighted by molar-refractivity contribution is 5.73. The number of carboxylic acid groups (broad SMARTS) is 1. The molecule has 1 amide bonds. The zero-order valence-corrected chi connectivity index (χ0v) is 21.9. The van der Waals surface area contributed by atoms with E-state index < -0.39 is 29.1 Å². The number of carboxylic acids is 1. The van der Waals surface area contributed by atoms with Gasteiger partial charge in [-0.25, -0.2) is 13.6 Å². The lowest BCUT2D eigenvalue weighted by atomic mass is 9.91. The Kier molecular flexibility index (Phi) is 9.48. The lowest BCUT2D eigenvalue weighted by molar-refractivity contribution is -0.148. The van der Waals surface area contributed by atoms with E-state index in [9.17, 15) is 23.5 Å². The number of piperidine rings is 1. The number of amides is 1. The number of rotatable bonds is 10. The molecule has 0 radical (unpaired) electrons. The van der Waals surface area contributed by atoms with E-state index in [2.05, 4.69) is 4.90 Å². The van der Waals surface area contributed by atoms with E-state index in [1.165, 1.54) is 17.0 Å². The Hall–Kier alpha value is -3.20. The molecule has 9 heteroatoms. The first-order valence-corrected chi connectivity index (χ1v) is 12.5. The van der Waals surface area contributed by atoms with Crippen molar-refractivity contribution < 1.29 is 33.0 Å². The van der Waals surface area contributed by atoms with Crippen molar-refractivity contribution in [2.75, 3.05) is 19.6 Å². The van der Waals surface area contributed by atoms with Crippen molar-refractivity contribution in [1.82, 2.24) is 9.80 Å². The number of ether oxygens (including phenoxy) is 2. The van der Waals surface area contributed by atoms with Crippen molar-refractivity contribution in [2.45, 2.75) is 65.8 Å². The Bertz CT molecular complexity index is 1070. The van der Waals surface area contributed by atoms with Gasteiger partial charge in [-0.3, -0.25) is 4.79 Å². The number of halogens is 2. The summed E-state index contributed by atoms with van der Waals surface area (Å²) in [5, 5.41) is 9.44. The molecule has 0 saturated carbocycles. The van der Waals surface area contributed by atoms with Crippen LogP contribution >= 0.6 is 0 Å². The molecule has 37 heavy (non-hydrogen) atoms. The topological polar surface area (TPSA) is 79.3 Å². The number of hydrogen-bond donors (Lipinski definition) is 1. The second kappa shape index (κ2) is 12.4. The smallest absolute Gasteiger partial charge is 0.410 e. The zero-order chi connectivity index (χ0) is 27.2. The number of likely N-dealkylation sites (tertiary alicyclic amines) is 1. The van der Waals surface area contributed by atoms with Crippen LogP contribution < -0.4 is 4.74 Å². The standard InChI is InChI=1S/C28H36F2N2O5/c1-19(2)37-24-9-5-20(6-10-24)17-36-27(35)32(16-21-7-8-22(29)15-25(21)30)23-11-13-31(14-12-23)18-28(3,4)26(33)34/h5-10,15,19,23H,11-14,16-18H2,1-4H3,(H,33,34). The molecular weight excluding hydrogens is 482 g/mol. The predicted molar refractivity (Wildman–Crippen MR) is 135 cm³/mol. The van der Waals surface area contributed by atoms with Gasteiger partial charge < -0.3 is 24.4 Å². The molecular formula is C28H36F2N2O5. The summed E-state index contributed by atoms with van der Waals surface area (Å²) >= 11 is 0. The van der Waals surface area contributed by atoms with Gasteiger partial charge in [0.2, 0.25) is 0 Å². The average molecular weight is 519 g/mol. The third-order valence-corrected chi connectivity index (χ3v) is 6.44. The van der Waals surface area contributed by atoms with E-state index in [0.29, 0.717) is 32.5 Å². The maximum atomic E-state index is 14.4. The summed E-state index contributed by atoms with van der Waals surface area (Å²) < 4.78 is 39.1. The summed E-state index contributed by atoms with van der Waals surface area (Å²) in [7, 11) is 0. The number of nitrogens with zero attached hydrogens (tertiary/aromatic N) is 2. The molecule has 0 spiro atoms. The monoisotopic (exact) mass is 518 g/mol. The molecule has 2 aromatic carbocycles. The molecule has 1 aliphatic rings. The fourth-order valence-electron chi connectivity index (χ4n) is 4.36. The van der Waals surface area contributed by atoms with Crippen LogP contribution in [0, 0.1) is 17.0 Å². The summed E-state index contributed by atoms with van der Waals surface area (Å²) in [6.07, 6.45) is 0.616. The van der Waals surface area contributed by atoms with Crippen molar-refractivity contribution in [3.63, 3.8) is 0 Å². The molecule has 202 valence electrons. The minimum atomic E-state index is -0.890. The van der Waals surface area contributed by atoms with Gasteiger partial charge in [-0.05, 0) is 64.3 Å². The average Bonchev–Trinajstić information content (AvgIpc) is 2.83. The molecule has 1 heterocycles. The third kappa shape index (κ3) is 8.15. The van der Waals surface area contributed by atoms with Crippen LogP contribution in [0.15, 0.2) is 42.5 Å². The van der Waals surface area contributed by atoms with Crippen molar-refractivity contribution >= 4 is 12.1 Å². The molecule has 1 fully saturated rings. The molecule has 1 aliphatic heterocycles. The van der Waals surface area contributed by atoms with E-state index >= 15 is 0 Å². The van der Waals surface area contributed by atoms with Crippen LogP contribution in [0.4, 0.5) is 13.6 Å². The second-order valence-corrected chi connectivity index (χ2v) is 10.4. The van der Waals surface area contributed by atoms with Crippen molar-refractivity contribution in [2.24, 2.45) is 5.41 Å². The van der Waals surface area contributed by atoms with Crippen LogP contribution in [0.1, 0.15) is 51.7 Å². The Morgan fingerprint density at radius 2 is 1.76 bits per heavy atom. The number of carbonyl (C=O) groups is 2. The van der Waals surface area contributed by atoms with E-state index in [1.54, 1.807) is 13.8 Å². The summed E-state index contributed by atoms with van der Waals surface area (Å²) in [5.41, 5.74) is 0.0874. The van der Waals surface area contributed by atoms with Crippen LogP contribution in [-0.4, -0.2) is 58.7 Å². The number of benzene rings is 2. The Labute approximate surface area is 217 Å². The first-order valence-electron chi connectivity index (χ1n) is 12.5. The van der Waals surface area contributed by atoms with Crippen LogP contribution in [0.5, 0.6) is 5.75 Å². The van der Waals surface area contributed by atoms with Crippen molar-refractivity contribution in [1.29, 1.82) is 0 Å². The zero-order valence-electron chi connectivity index (χ0n) is 21.9. The largest absolute Gasteiger partial charge is 0.491 e. The SMILES string of the molecule is CC(C)Oc1ccc(COC(=O)N(Cc2ccc(F)cc2F)C2CCN(CC(C)(C)C(=O)O)CC2)cc1. The second-order valence-electron chi connectivity index (χ2n) is 10.4. The van der Waals surface area contributed by atoms with Gasteiger partial charge in [0, 0.05) is 37.3 Å². The van der Waals surface area contributed by atoms with Gasteiger partial charge in [-0.1, -0.05) is 18.2 Å². The molecule has 0 aromatic heterocycles. The summed E-state index contributed by atoms with van der Waals surface area (Å²) in [6.45, 7) is 8.79. The van der Waals surface area contributed by atoms with Gasteiger partial charge in [0.1, 0.15) is 24.0 Å². The fourth-order valence-corrected chi connectivity index (χ4v) is 4.36. The number of carbonyl (C=O) groups excluding carboxylic acids is 1. The Balaban J connectivity index is 1.68. The first kappa shape index (κ1) is 28.4. The molecule has 0 atom stereocenters. The normalized spacial score (nSPS) is 15.0. The maximum Gasteiger partial charge on any atom is 0.410 e. The van der Waals surface area contributed by atoms with Crippen LogP contribution in [-0.2, 0) is 22.7 Å². The molecule has 0 bridgehead atoms. The van der Waals surface area contributed by atoms with Gasteiger partial charge in [-0.15, -0.1) is 0 Å². The quantitative estimate of drug-likeness (QED) is 0.450. The summed E-state index contributed by atoms with van der Waals surface area (Å²) in [6, 6.07) is 10.3. The Morgan fingerprint density at radius 3 is 2.32 bits per heavy atom. The number of hydrogen-bond acceptors (Lipinski definition) is 5. The van der Waals surface area contributed by atoms with E-state index in [0.717, 1.165) is 17.4 Å². The van der Waals surface area contributed by atoms with Gasteiger partial charge in [0.15, 0.2) is 0 Å². The van der Waals surface area contributed by atoms with Crippen LogP contribution in [0.2, 0.25) is 0 Å². The lowest BCUT2D eigenvalue weighted by Crippen LogP contribution is -2.49. The summed E-state index contributed by atoms with van der Waals surface area (Å²) in [4.78, 5) is 28.3. The van der Waals surface area contributed by atoms with E-state index in [4.69, 9.17) is 9.47 Å². The highest BCUT2D eigenvalue weighted by Gasteiger charge is 2.34. The minimum Gasteiger partial charge on any atom is -0.491 e. The fraction of sp³-hybridized carbons (Fsp3) is 0.500. The van der Waals surface area contributed by atoms with Crippen LogP contribution in [0.3, 0.4) is 0 Å². The molecule has 7 nitrogen and oxygen atoms in total. The maximum absolute atomic E-state index is 14.4. The van der Waals surface area contributed by atoms with E-state index in [-0.39, 0.29) is 30.9 Å². The predicted octanol–water partition coefficient (Wildman–Crippen LogP) is 5.47. The third-order valence-electron chi connectivity index (χ3n) is 6.44. The molecule has 1 N–H and O–H groups in total. The Morgan fingerprint density at radius 1 is 1.11 bits per heavy atom. The van der Waals surface area contributed by atoms with Gasteiger partial charge in [0.05, 0.1) is 18.1 Å². The van der Waals surface area contributed by atoms with Crippen molar-refractivity contribution in [3.05, 3.63) is 65.2 Å². The lowest BCUT2D eigenvalue weighted by Gasteiger charge is -2.39.